The lowest BCUT2D eigenvalue weighted by Gasteiger charge is -2.05. The van der Waals surface area contributed by atoms with Gasteiger partial charge in [0.05, 0.1) is 12.7 Å². The number of nitrogens with zero attached hydrogens (tertiary/aromatic N) is 2. The molecule has 1 heterocycles. The van der Waals surface area contributed by atoms with Crippen molar-refractivity contribution >= 4 is 11.6 Å². The van der Waals surface area contributed by atoms with Crippen molar-refractivity contribution in [3.63, 3.8) is 0 Å². The molecule has 0 radical (unpaired) electrons. The van der Waals surface area contributed by atoms with Crippen molar-refractivity contribution in [1.29, 1.82) is 0 Å². The summed E-state index contributed by atoms with van der Waals surface area (Å²) in [6.45, 7) is 3.77. The van der Waals surface area contributed by atoms with Gasteiger partial charge >= 0.3 is 0 Å². The minimum atomic E-state index is -0.299. The molecule has 1 aromatic carbocycles. The molecule has 0 N–H and O–H groups in total. The first-order valence-corrected chi connectivity index (χ1v) is 5.68. The van der Waals surface area contributed by atoms with Crippen LogP contribution >= 0.6 is 11.6 Å². The molecule has 0 saturated carbocycles. The van der Waals surface area contributed by atoms with Crippen LogP contribution in [0.2, 0.25) is 0 Å². The summed E-state index contributed by atoms with van der Waals surface area (Å²) in [5, 5.41) is 7.57. The summed E-state index contributed by atoms with van der Waals surface area (Å²) in [5.74, 6) is 1.53. The van der Waals surface area contributed by atoms with Gasteiger partial charge in [0.25, 0.3) is 5.89 Å². The van der Waals surface area contributed by atoms with Crippen LogP contribution in [0.15, 0.2) is 22.6 Å². The lowest BCUT2D eigenvalue weighted by atomic mass is 10.1. The molecule has 0 aliphatic carbocycles. The van der Waals surface area contributed by atoms with Crippen LogP contribution in [-0.4, -0.2) is 17.3 Å². The van der Waals surface area contributed by atoms with Gasteiger partial charge in [0.2, 0.25) is 5.89 Å². The highest BCUT2D eigenvalue weighted by molar-refractivity contribution is 6.20. The quantitative estimate of drug-likeness (QED) is 0.786. The Morgan fingerprint density at radius 1 is 1.35 bits per heavy atom. The number of halogens is 1. The van der Waals surface area contributed by atoms with Crippen LogP contribution in [0.25, 0.3) is 11.5 Å². The van der Waals surface area contributed by atoms with Crippen molar-refractivity contribution in [3.8, 4) is 17.2 Å². The van der Waals surface area contributed by atoms with Gasteiger partial charge in [-0.25, -0.2) is 0 Å². The zero-order valence-corrected chi connectivity index (χ0v) is 10.7. The molecule has 0 aliphatic rings. The molecule has 1 unspecified atom stereocenters. The minimum Gasteiger partial charge on any atom is -0.496 e. The number of hydrogen-bond acceptors (Lipinski definition) is 4. The van der Waals surface area contributed by atoms with Crippen LogP contribution in [0.1, 0.15) is 23.8 Å². The maximum Gasteiger partial charge on any atom is 0.251 e. The molecule has 0 amide bonds. The van der Waals surface area contributed by atoms with Crippen LogP contribution in [0.5, 0.6) is 5.75 Å². The number of ether oxygens (including phenoxy) is 1. The molecule has 0 bridgehead atoms. The van der Waals surface area contributed by atoms with E-state index in [4.69, 9.17) is 20.8 Å². The van der Waals surface area contributed by atoms with Gasteiger partial charge in [0.1, 0.15) is 11.1 Å². The topological polar surface area (TPSA) is 48.2 Å². The fraction of sp³-hybridized carbons (Fsp3) is 0.333. The van der Waals surface area contributed by atoms with E-state index in [9.17, 15) is 0 Å². The Morgan fingerprint density at radius 2 is 2.12 bits per heavy atom. The second kappa shape index (κ2) is 4.75. The molecular weight excluding hydrogens is 240 g/mol. The van der Waals surface area contributed by atoms with Crippen molar-refractivity contribution < 1.29 is 9.15 Å². The van der Waals surface area contributed by atoms with Crippen LogP contribution in [0.3, 0.4) is 0 Å². The van der Waals surface area contributed by atoms with Crippen LogP contribution < -0.4 is 4.74 Å². The van der Waals surface area contributed by atoms with Gasteiger partial charge in [-0.3, -0.25) is 0 Å². The predicted molar refractivity (Wildman–Crippen MR) is 65.3 cm³/mol. The molecule has 0 fully saturated rings. The van der Waals surface area contributed by atoms with Gasteiger partial charge in [-0.05, 0) is 26.0 Å². The molecule has 0 aliphatic heterocycles. The van der Waals surface area contributed by atoms with Crippen molar-refractivity contribution in [3.05, 3.63) is 29.7 Å². The van der Waals surface area contributed by atoms with Gasteiger partial charge in [0.15, 0.2) is 0 Å². The Balaban J connectivity index is 2.47. The molecule has 5 heteroatoms. The molecule has 0 saturated heterocycles. The number of aryl methyl sites for hydroxylation is 1. The van der Waals surface area contributed by atoms with Gasteiger partial charge in [0, 0.05) is 0 Å². The molecule has 2 rings (SSSR count). The maximum atomic E-state index is 5.88. The van der Waals surface area contributed by atoms with Crippen molar-refractivity contribution in [2.24, 2.45) is 0 Å². The zero-order chi connectivity index (χ0) is 12.4. The van der Waals surface area contributed by atoms with Crippen LogP contribution in [0.4, 0.5) is 0 Å². The summed E-state index contributed by atoms with van der Waals surface area (Å²) in [6.07, 6.45) is 0. The first-order valence-electron chi connectivity index (χ1n) is 5.24. The van der Waals surface area contributed by atoms with Crippen LogP contribution in [-0.2, 0) is 0 Å². The van der Waals surface area contributed by atoms with Crippen molar-refractivity contribution in [1.82, 2.24) is 10.2 Å². The Kier molecular flexibility index (Phi) is 3.33. The van der Waals surface area contributed by atoms with E-state index in [1.54, 1.807) is 14.0 Å². The Hall–Kier alpha value is -1.55. The Morgan fingerprint density at radius 3 is 2.71 bits per heavy atom. The van der Waals surface area contributed by atoms with E-state index in [0.717, 1.165) is 11.1 Å². The normalized spacial score (nSPS) is 12.5. The lowest BCUT2D eigenvalue weighted by Crippen LogP contribution is -1.89. The van der Waals surface area contributed by atoms with Gasteiger partial charge in [-0.2, -0.15) is 0 Å². The number of alkyl halides is 1. The predicted octanol–water partition coefficient (Wildman–Crippen LogP) is 3.35. The lowest BCUT2D eigenvalue weighted by molar-refractivity contribution is 0.413. The second-order valence-corrected chi connectivity index (χ2v) is 4.42. The minimum absolute atomic E-state index is 0.299. The van der Waals surface area contributed by atoms with E-state index in [-0.39, 0.29) is 5.38 Å². The van der Waals surface area contributed by atoms with Gasteiger partial charge < -0.3 is 9.15 Å². The first kappa shape index (κ1) is 11.9. The number of aromatic nitrogens is 2. The number of methoxy groups -OCH3 is 1. The maximum absolute atomic E-state index is 5.88. The summed E-state index contributed by atoms with van der Waals surface area (Å²) in [7, 11) is 1.61. The van der Waals surface area contributed by atoms with Gasteiger partial charge in [-0.1, -0.05) is 11.6 Å². The highest BCUT2D eigenvalue weighted by Gasteiger charge is 2.15. The monoisotopic (exact) mass is 252 g/mol. The number of benzene rings is 1. The molecule has 4 nitrogen and oxygen atoms in total. The highest BCUT2D eigenvalue weighted by Crippen LogP contribution is 2.31. The van der Waals surface area contributed by atoms with E-state index < -0.39 is 0 Å². The van der Waals surface area contributed by atoms with Crippen molar-refractivity contribution in [2.75, 3.05) is 7.11 Å². The molecule has 1 aromatic heterocycles. The smallest absolute Gasteiger partial charge is 0.251 e. The summed E-state index contributed by atoms with van der Waals surface area (Å²) >= 11 is 5.88. The van der Waals surface area contributed by atoms with Crippen LogP contribution in [0, 0.1) is 6.92 Å². The summed E-state index contributed by atoms with van der Waals surface area (Å²) < 4.78 is 10.8. The zero-order valence-electron chi connectivity index (χ0n) is 9.90. The fourth-order valence-corrected chi connectivity index (χ4v) is 1.58. The number of rotatable bonds is 3. The summed E-state index contributed by atoms with van der Waals surface area (Å²) in [5.41, 5.74) is 1.88. The molecule has 2 aromatic rings. The third-order valence-electron chi connectivity index (χ3n) is 2.37. The van der Waals surface area contributed by atoms with E-state index in [2.05, 4.69) is 10.2 Å². The van der Waals surface area contributed by atoms with E-state index in [1.807, 2.05) is 25.1 Å². The second-order valence-electron chi connectivity index (χ2n) is 3.77. The van der Waals surface area contributed by atoms with Crippen molar-refractivity contribution in [2.45, 2.75) is 19.2 Å². The third-order valence-corrected chi connectivity index (χ3v) is 2.55. The van der Waals surface area contributed by atoms with E-state index >= 15 is 0 Å². The van der Waals surface area contributed by atoms with E-state index in [1.165, 1.54) is 0 Å². The SMILES string of the molecule is COc1ccc(C)cc1-c1nnc(C(C)Cl)o1. The summed E-state index contributed by atoms with van der Waals surface area (Å²) in [6, 6.07) is 5.78. The summed E-state index contributed by atoms with van der Waals surface area (Å²) in [4.78, 5) is 0. The molecular formula is C12H13ClN2O2. The Bertz CT molecular complexity index is 523. The largest absolute Gasteiger partial charge is 0.496 e. The third kappa shape index (κ3) is 2.42. The van der Waals surface area contributed by atoms with E-state index in [0.29, 0.717) is 17.5 Å². The number of hydrogen-bond donors (Lipinski definition) is 0. The first-order chi connectivity index (χ1) is 8.11. The average Bonchev–Trinajstić information content (AvgIpc) is 2.78. The molecule has 0 spiro atoms. The standard InChI is InChI=1S/C12H13ClN2O2/c1-7-4-5-10(16-3)9(6-7)12-15-14-11(17-12)8(2)13/h4-6,8H,1-3H3. The highest BCUT2D eigenvalue weighted by atomic mass is 35.5. The fourth-order valence-electron chi connectivity index (χ4n) is 1.49. The molecule has 17 heavy (non-hydrogen) atoms. The molecule has 1 atom stereocenters. The average molecular weight is 253 g/mol. The Labute approximate surface area is 105 Å². The molecule has 90 valence electrons. The van der Waals surface area contributed by atoms with Gasteiger partial charge in [-0.15, -0.1) is 21.8 Å².